The van der Waals surface area contributed by atoms with Gasteiger partial charge in [0, 0.05) is 17.9 Å². The molecule has 0 atom stereocenters. The molecule has 0 fully saturated rings. The molecule has 0 saturated heterocycles. The van der Waals surface area contributed by atoms with Crippen LogP contribution in [-0.2, 0) is 11.2 Å². The highest BCUT2D eigenvalue weighted by molar-refractivity contribution is 6.32. The van der Waals surface area contributed by atoms with E-state index in [9.17, 15) is 4.79 Å². The van der Waals surface area contributed by atoms with Gasteiger partial charge in [-0.3, -0.25) is 4.79 Å². The molecule has 0 bridgehead atoms. The van der Waals surface area contributed by atoms with Gasteiger partial charge in [-0.15, -0.1) is 0 Å². The average molecular weight is 303 g/mol. The largest absolute Gasteiger partial charge is 0.339 e. The molecule has 2 aromatic rings. The molecule has 21 heavy (non-hydrogen) atoms. The Balaban J connectivity index is 1.90. The Morgan fingerprint density at radius 3 is 3.00 bits per heavy atom. The molecule has 1 aliphatic rings. The first kappa shape index (κ1) is 13.8. The van der Waals surface area contributed by atoms with E-state index in [0.717, 1.165) is 16.9 Å². The Kier molecular flexibility index (Phi) is 3.51. The fourth-order valence-corrected chi connectivity index (χ4v) is 2.63. The minimum absolute atomic E-state index is 0.139. The standard InChI is InChI=1S/C15H15ClN4O/c1-3-20-13-5-4-11(6-10(13)7-14(20)21)19-15-12(16)8-17-9(2)18-15/h4-6,8H,3,7H2,1-2H3,(H,17,18,19). The summed E-state index contributed by atoms with van der Waals surface area (Å²) in [5.41, 5.74) is 2.87. The van der Waals surface area contributed by atoms with Gasteiger partial charge in [-0.1, -0.05) is 11.6 Å². The van der Waals surface area contributed by atoms with Crippen molar-refractivity contribution in [1.29, 1.82) is 0 Å². The zero-order valence-corrected chi connectivity index (χ0v) is 12.6. The summed E-state index contributed by atoms with van der Waals surface area (Å²) in [6, 6.07) is 5.85. The molecule has 0 unspecified atom stereocenters. The second-order valence-electron chi connectivity index (χ2n) is 4.90. The minimum Gasteiger partial charge on any atom is -0.339 e. The molecule has 6 heteroatoms. The van der Waals surface area contributed by atoms with Crippen molar-refractivity contribution in [2.45, 2.75) is 20.3 Å². The summed E-state index contributed by atoms with van der Waals surface area (Å²) in [6.45, 7) is 4.47. The third kappa shape index (κ3) is 2.56. The van der Waals surface area contributed by atoms with Crippen LogP contribution in [0.4, 0.5) is 17.2 Å². The van der Waals surface area contributed by atoms with Crippen LogP contribution in [0.1, 0.15) is 18.3 Å². The Labute approximate surface area is 128 Å². The predicted octanol–water partition coefficient (Wildman–Crippen LogP) is 3.09. The quantitative estimate of drug-likeness (QED) is 0.946. The topological polar surface area (TPSA) is 58.1 Å². The third-order valence-corrected chi connectivity index (χ3v) is 3.73. The fraction of sp³-hybridized carbons (Fsp3) is 0.267. The lowest BCUT2D eigenvalue weighted by Crippen LogP contribution is -2.25. The van der Waals surface area contributed by atoms with Gasteiger partial charge in [-0.25, -0.2) is 9.97 Å². The molecular weight excluding hydrogens is 288 g/mol. The number of rotatable bonds is 3. The molecular formula is C15H15ClN4O. The normalized spacial score (nSPS) is 13.5. The van der Waals surface area contributed by atoms with Crippen LogP contribution in [0.15, 0.2) is 24.4 Å². The monoisotopic (exact) mass is 302 g/mol. The van der Waals surface area contributed by atoms with Gasteiger partial charge in [-0.05, 0) is 37.6 Å². The van der Waals surface area contributed by atoms with Crippen LogP contribution < -0.4 is 10.2 Å². The average Bonchev–Trinajstić information content (AvgIpc) is 2.77. The van der Waals surface area contributed by atoms with Crippen LogP contribution in [-0.4, -0.2) is 22.4 Å². The fourth-order valence-electron chi connectivity index (χ4n) is 2.49. The van der Waals surface area contributed by atoms with Crippen LogP contribution >= 0.6 is 11.6 Å². The molecule has 0 radical (unpaired) electrons. The lowest BCUT2D eigenvalue weighted by atomic mass is 10.1. The number of fused-ring (bicyclic) bond motifs is 1. The second-order valence-corrected chi connectivity index (χ2v) is 5.30. The molecule has 0 saturated carbocycles. The van der Waals surface area contributed by atoms with Crippen molar-refractivity contribution in [3.8, 4) is 0 Å². The molecule has 1 aliphatic heterocycles. The Bertz CT molecular complexity index is 717. The number of benzene rings is 1. The maximum absolute atomic E-state index is 11.9. The number of aromatic nitrogens is 2. The molecule has 2 heterocycles. The van der Waals surface area contributed by atoms with E-state index in [4.69, 9.17) is 11.6 Å². The first-order valence-corrected chi connectivity index (χ1v) is 7.15. The van der Waals surface area contributed by atoms with Gasteiger partial charge >= 0.3 is 0 Å². The summed E-state index contributed by atoms with van der Waals surface area (Å²) < 4.78 is 0. The molecule has 0 aliphatic carbocycles. The number of amides is 1. The maximum Gasteiger partial charge on any atom is 0.231 e. The number of anilines is 3. The van der Waals surface area contributed by atoms with Gasteiger partial charge in [0.05, 0.1) is 12.6 Å². The number of carbonyl (C=O) groups excluding carboxylic acids is 1. The Hall–Kier alpha value is -2.14. The predicted molar refractivity (Wildman–Crippen MR) is 83.2 cm³/mol. The Morgan fingerprint density at radius 1 is 1.43 bits per heavy atom. The van der Waals surface area contributed by atoms with Crippen molar-refractivity contribution in [2.75, 3.05) is 16.8 Å². The van der Waals surface area contributed by atoms with E-state index in [2.05, 4.69) is 15.3 Å². The van der Waals surface area contributed by atoms with Gasteiger partial charge in [0.25, 0.3) is 0 Å². The third-order valence-electron chi connectivity index (χ3n) is 3.46. The SMILES string of the molecule is CCN1C(=O)Cc2cc(Nc3nc(C)ncc3Cl)ccc21. The van der Waals surface area contributed by atoms with Gasteiger partial charge in [0.2, 0.25) is 5.91 Å². The van der Waals surface area contributed by atoms with Crippen molar-refractivity contribution in [1.82, 2.24) is 9.97 Å². The minimum atomic E-state index is 0.139. The lowest BCUT2D eigenvalue weighted by molar-refractivity contribution is -0.117. The number of aryl methyl sites for hydroxylation is 1. The summed E-state index contributed by atoms with van der Waals surface area (Å²) in [4.78, 5) is 22.0. The molecule has 108 valence electrons. The second kappa shape index (κ2) is 5.33. The van der Waals surface area contributed by atoms with Gasteiger partial charge in [0.15, 0.2) is 5.82 Å². The van der Waals surface area contributed by atoms with E-state index in [1.54, 1.807) is 11.1 Å². The number of carbonyl (C=O) groups is 1. The number of hydrogen-bond acceptors (Lipinski definition) is 4. The lowest BCUT2D eigenvalue weighted by Gasteiger charge is -2.15. The summed E-state index contributed by atoms with van der Waals surface area (Å²) in [6.07, 6.45) is 2.01. The van der Waals surface area contributed by atoms with Gasteiger partial charge in [0.1, 0.15) is 10.8 Å². The number of halogens is 1. The van der Waals surface area contributed by atoms with E-state index in [1.807, 2.05) is 32.0 Å². The molecule has 5 nitrogen and oxygen atoms in total. The zero-order chi connectivity index (χ0) is 15.0. The number of hydrogen-bond donors (Lipinski definition) is 1. The van der Waals surface area contributed by atoms with Crippen molar-refractivity contribution in [3.63, 3.8) is 0 Å². The van der Waals surface area contributed by atoms with E-state index < -0.39 is 0 Å². The Morgan fingerprint density at radius 2 is 2.24 bits per heavy atom. The van der Waals surface area contributed by atoms with Crippen LogP contribution in [0.2, 0.25) is 5.02 Å². The van der Waals surface area contributed by atoms with Gasteiger partial charge < -0.3 is 10.2 Å². The maximum atomic E-state index is 11.9. The van der Waals surface area contributed by atoms with Crippen LogP contribution in [0, 0.1) is 6.92 Å². The number of nitrogens with zero attached hydrogens (tertiary/aromatic N) is 3. The molecule has 1 aromatic carbocycles. The van der Waals surface area contributed by atoms with Gasteiger partial charge in [-0.2, -0.15) is 0 Å². The number of likely N-dealkylation sites (N-methyl/N-ethyl adjacent to an activating group) is 1. The summed E-state index contributed by atoms with van der Waals surface area (Å²) in [5.74, 6) is 1.36. The highest BCUT2D eigenvalue weighted by Crippen LogP contribution is 2.32. The van der Waals surface area contributed by atoms with Crippen molar-refractivity contribution in [3.05, 3.63) is 40.8 Å². The van der Waals surface area contributed by atoms with Crippen molar-refractivity contribution < 1.29 is 4.79 Å². The highest BCUT2D eigenvalue weighted by atomic mass is 35.5. The van der Waals surface area contributed by atoms with E-state index >= 15 is 0 Å². The summed E-state index contributed by atoms with van der Waals surface area (Å²) >= 11 is 6.08. The van der Waals surface area contributed by atoms with Crippen LogP contribution in [0.3, 0.4) is 0 Å². The van der Waals surface area contributed by atoms with Crippen LogP contribution in [0.25, 0.3) is 0 Å². The van der Waals surface area contributed by atoms with E-state index in [1.165, 1.54) is 0 Å². The first-order chi connectivity index (χ1) is 10.1. The van der Waals surface area contributed by atoms with E-state index in [0.29, 0.717) is 29.6 Å². The first-order valence-electron chi connectivity index (χ1n) is 6.78. The summed E-state index contributed by atoms with van der Waals surface area (Å²) in [7, 11) is 0. The number of nitrogens with one attached hydrogen (secondary N) is 1. The molecule has 1 aromatic heterocycles. The summed E-state index contributed by atoms with van der Waals surface area (Å²) in [5, 5.41) is 3.64. The molecule has 1 N–H and O–H groups in total. The van der Waals surface area contributed by atoms with E-state index in [-0.39, 0.29) is 5.91 Å². The molecule has 1 amide bonds. The molecule has 3 rings (SSSR count). The smallest absolute Gasteiger partial charge is 0.231 e. The molecule has 0 spiro atoms. The van der Waals surface area contributed by atoms with Crippen LogP contribution in [0.5, 0.6) is 0 Å². The van der Waals surface area contributed by atoms with Crippen molar-refractivity contribution in [2.24, 2.45) is 0 Å². The highest BCUT2D eigenvalue weighted by Gasteiger charge is 2.25. The van der Waals surface area contributed by atoms with Crippen molar-refractivity contribution >= 4 is 34.7 Å². The zero-order valence-electron chi connectivity index (χ0n) is 11.9.